The number of carbonyl (C=O) groups is 3. The molecule has 3 N–H and O–H groups in total. The van der Waals surface area contributed by atoms with Crippen LogP contribution in [0.25, 0.3) is 0 Å². The van der Waals surface area contributed by atoms with Crippen LogP contribution >= 0.6 is 0 Å². The van der Waals surface area contributed by atoms with Crippen molar-refractivity contribution in [2.45, 2.75) is 6.92 Å². The topological polar surface area (TPSA) is 113 Å². The molecule has 0 saturated heterocycles. The summed E-state index contributed by atoms with van der Waals surface area (Å²) in [6.45, 7) is 8.15. The van der Waals surface area contributed by atoms with Crippen molar-refractivity contribution in [1.82, 2.24) is 4.98 Å². The summed E-state index contributed by atoms with van der Waals surface area (Å²) in [5.41, 5.74) is 0. The second kappa shape index (κ2) is 16.3. The molecule has 8 heteroatoms. The summed E-state index contributed by atoms with van der Waals surface area (Å²) in [7, 11) is 0.663. The molecule has 98 valence electrons. The lowest BCUT2D eigenvalue weighted by Gasteiger charge is -1.96. The summed E-state index contributed by atoms with van der Waals surface area (Å²) in [5, 5.41) is 15.2. The Kier molecular flexibility index (Phi) is 19.5. The first kappa shape index (κ1) is 20.3. The van der Waals surface area contributed by atoms with Gasteiger partial charge in [0.2, 0.25) is 0 Å². The van der Waals surface area contributed by atoms with Crippen LogP contribution < -0.4 is 4.98 Å². The zero-order valence-corrected chi connectivity index (χ0v) is 11.8. The molecule has 0 radical (unpaired) electrons. The average molecular weight is 263 g/mol. The average Bonchev–Trinajstić information content (AvgIpc) is 2.30. The van der Waals surface area contributed by atoms with Gasteiger partial charge in [0.15, 0.2) is 0 Å². The molecule has 0 atom stereocenters. The highest BCUT2D eigenvalue weighted by Gasteiger charge is 1.88. The predicted octanol–water partition coefficient (Wildman–Crippen LogP) is -0.473. The maximum atomic E-state index is 10.1. The lowest BCUT2D eigenvalue weighted by atomic mass is 10.7. The molecule has 17 heavy (non-hydrogen) atoms. The maximum absolute atomic E-state index is 10.1. The normalized spacial score (nSPS) is 7.12. The van der Waals surface area contributed by atoms with Crippen LogP contribution in [0.5, 0.6) is 0 Å². The minimum atomic E-state index is -0.981. The second-order valence-electron chi connectivity index (χ2n) is 2.06. The molecule has 0 rings (SSSR count). The fourth-order valence-corrected chi connectivity index (χ4v) is 0.348. The second-order valence-corrected chi connectivity index (χ2v) is 2.56. The van der Waals surface area contributed by atoms with Crippen molar-refractivity contribution in [2.75, 3.05) is 6.61 Å². The lowest BCUT2D eigenvalue weighted by Crippen LogP contribution is -2.20. The fraction of sp³-hybridized carbons (Fsp3) is 0.222. The zero-order valence-electron chi connectivity index (χ0n) is 9.80. The van der Waals surface area contributed by atoms with Crippen LogP contribution in [-0.2, 0) is 14.3 Å². The third-order valence-electron chi connectivity index (χ3n) is 0.829. The third-order valence-corrected chi connectivity index (χ3v) is 1.24. The maximum Gasteiger partial charge on any atom is 0.398 e. The van der Waals surface area contributed by atoms with Crippen molar-refractivity contribution in [3.05, 3.63) is 25.3 Å². The predicted molar refractivity (Wildman–Crippen MR) is 65.8 cm³/mol. The Hall–Kier alpha value is -2.09. The number of ether oxygens (including phenoxy) is 1. The highest BCUT2D eigenvalue weighted by Crippen LogP contribution is 1.70. The molecule has 0 aliphatic carbocycles. The first-order valence-corrected chi connectivity index (χ1v) is 5.40. The Morgan fingerprint density at radius 2 is 1.53 bits per heavy atom. The molecule has 0 aromatic heterocycles. The number of carbonyl (C=O) groups excluding carboxylic acids is 1. The third kappa shape index (κ3) is 41.3. The van der Waals surface area contributed by atoms with E-state index in [0.29, 0.717) is 17.0 Å². The van der Waals surface area contributed by atoms with E-state index in [1.54, 1.807) is 6.92 Å². The van der Waals surface area contributed by atoms with Gasteiger partial charge in [-0.25, -0.2) is 14.4 Å². The van der Waals surface area contributed by atoms with Crippen molar-refractivity contribution in [3.63, 3.8) is 0 Å². The van der Waals surface area contributed by atoms with Gasteiger partial charge >= 0.3 is 18.0 Å². The Labute approximate surface area is 102 Å². The monoisotopic (exact) mass is 263 g/mol. The van der Waals surface area contributed by atoms with Crippen molar-refractivity contribution in [3.8, 4) is 0 Å². The first-order chi connectivity index (χ1) is 7.85. The molecule has 0 spiro atoms. The van der Waals surface area contributed by atoms with Crippen molar-refractivity contribution < 1.29 is 29.3 Å². The molecule has 1 amide bonds. The van der Waals surface area contributed by atoms with Gasteiger partial charge in [0.25, 0.3) is 0 Å². The van der Waals surface area contributed by atoms with Gasteiger partial charge in [0.1, 0.15) is 10.4 Å². The summed E-state index contributed by atoms with van der Waals surface area (Å²) in [6.07, 6.45) is 1.36. The molecule has 7 nitrogen and oxygen atoms in total. The number of carboxylic acid groups (broad SMARTS) is 2. The van der Waals surface area contributed by atoms with E-state index < -0.39 is 11.9 Å². The number of nitrogens with one attached hydrogen (secondary N) is 1. The number of hydrogen-bond donors (Lipinski definition) is 3. The Bertz CT molecular complexity index is 248. The van der Waals surface area contributed by atoms with Crippen LogP contribution in [0.4, 0.5) is 4.79 Å². The van der Waals surface area contributed by atoms with Crippen LogP contribution in [0.15, 0.2) is 25.3 Å². The van der Waals surface area contributed by atoms with Crippen molar-refractivity contribution >= 4 is 28.4 Å². The number of aliphatic carboxylic acids is 2. The van der Waals surface area contributed by atoms with Crippen LogP contribution in [0, 0.1) is 0 Å². The van der Waals surface area contributed by atoms with E-state index in [2.05, 4.69) is 22.9 Å². The van der Waals surface area contributed by atoms with Gasteiger partial charge in [0.05, 0.1) is 6.61 Å². The number of rotatable bonds is 3. The molecule has 0 heterocycles. The number of amides is 1. The summed E-state index contributed by atoms with van der Waals surface area (Å²) in [5.74, 6) is -1.96. The molecule has 0 aliphatic heterocycles. The van der Waals surface area contributed by atoms with E-state index >= 15 is 0 Å². The molecule has 0 unspecified atom stereocenters. The van der Waals surface area contributed by atoms with E-state index in [-0.39, 0.29) is 6.09 Å². The minimum Gasteiger partial charge on any atom is -0.478 e. The van der Waals surface area contributed by atoms with Gasteiger partial charge in [-0.1, -0.05) is 13.2 Å². The van der Waals surface area contributed by atoms with Crippen LogP contribution in [-0.4, -0.2) is 45.3 Å². The summed E-state index contributed by atoms with van der Waals surface area (Å²) in [6, 6.07) is 0. The Morgan fingerprint density at radius 1 is 1.24 bits per heavy atom. The molecule has 0 bridgehead atoms. The highest BCUT2D eigenvalue weighted by atomic mass is 28.2. The van der Waals surface area contributed by atoms with E-state index in [9.17, 15) is 14.4 Å². The quantitative estimate of drug-likeness (QED) is 0.468. The molecular formula is C9H17NO6Si. The molecule has 0 fully saturated rings. The molecule has 0 saturated carbocycles. The van der Waals surface area contributed by atoms with Gasteiger partial charge < -0.3 is 19.9 Å². The number of carboxylic acids is 2. The first-order valence-electron chi connectivity index (χ1n) is 4.40. The van der Waals surface area contributed by atoms with E-state index in [0.717, 1.165) is 12.2 Å². The van der Waals surface area contributed by atoms with Gasteiger partial charge in [0, 0.05) is 12.2 Å². The Balaban J connectivity index is -0.000000177. The van der Waals surface area contributed by atoms with Gasteiger partial charge in [-0.2, -0.15) is 0 Å². The van der Waals surface area contributed by atoms with Gasteiger partial charge in [-0.3, -0.25) is 0 Å². The van der Waals surface area contributed by atoms with Crippen LogP contribution in [0.2, 0.25) is 0 Å². The summed E-state index contributed by atoms with van der Waals surface area (Å²) >= 11 is 0. The van der Waals surface area contributed by atoms with Crippen molar-refractivity contribution in [2.24, 2.45) is 0 Å². The summed E-state index contributed by atoms with van der Waals surface area (Å²) in [4.78, 5) is 31.1. The Morgan fingerprint density at radius 3 is 1.59 bits per heavy atom. The molecule has 0 aliphatic rings. The summed E-state index contributed by atoms with van der Waals surface area (Å²) < 4.78 is 4.48. The molecule has 0 aromatic carbocycles. The fourth-order valence-electron chi connectivity index (χ4n) is 0.203. The van der Waals surface area contributed by atoms with E-state index in [1.807, 2.05) is 0 Å². The van der Waals surface area contributed by atoms with E-state index in [4.69, 9.17) is 10.2 Å². The molecule has 0 aromatic rings. The van der Waals surface area contributed by atoms with Gasteiger partial charge in [-0.15, -0.1) is 0 Å². The van der Waals surface area contributed by atoms with Crippen LogP contribution in [0.1, 0.15) is 6.92 Å². The smallest absolute Gasteiger partial charge is 0.398 e. The highest BCUT2D eigenvalue weighted by molar-refractivity contribution is 6.12. The van der Waals surface area contributed by atoms with Gasteiger partial charge in [-0.05, 0) is 6.92 Å². The number of hydrogen-bond acceptors (Lipinski definition) is 4. The van der Waals surface area contributed by atoms with Crippen LogP contribution in [0.3, 0.4) is 0 Å². The SMILES string of the molecule is C=CC(=O)O.C=CC(=O)O.CCOC(=O)N[SiH3]. The largest absolute Gasteiger partial charge is 0.478 e. The zero-order chi connectivity index (χ0) is 14.3. The van der Waals surface area contributed by atoms with E-state index in [1.165, 1.54) is 0 Å². The standard InChI is InChI=1S/C3H9NO2Si.2C3H4O2/c1-2-6-3(5)4-7;2*1-2-3(4)5/h2H2,1,7H3,(H,4,5);2*2H,1H2,(H,4,5). The lowest BCUT2D eigenvalue weighted by molar-refractivity contribution is -0.132. The van der Waals surface area contributed by atoms with Crippen molar-refractivity contribution in [1.29, 1.82) is 0 Å². The molecular weight excluding hydrogens is 246 g/mol. The minimum absolute atomic E-state index is 0.311.